The first-order valence-corrected chi connectivity index (χ1v) is 6.31. The number of ketones is 1. The number of oxime groups is 1. The van der Waals surface area contributed by atoms with Gasteiger partial charge in [-0.1, -0.05) is 34.5 Å². The van der Waals surface area contributed by atoms with Crippen LogP contribution in [0.15, 0.2) is 52.2 Å². The van der Waals surface area contributed by atoms with Crippen LogP contribution in [-0.2, 0) is 9.63 Å². The van der Waals surface area contributed by atoms with Crippen molar-refractivity contribution in [3.05, 3.63) is 58.1 Å². The molecule has 1 aromatic rings. The van der Waals surface area contributed by atoms with Crippen LogP contribution in [0, 0.1) is 6.92 Å². The van der Waals surface area contributed by atoms with Crippen molar-refractivity contribution < 1.29 is 14.4 Å². The van der Waals surface area contributed by atoms with Gasteiger partial charge in [-0.2, -0.15) is 0 Å². The third kappa shape index (κ3) is 3.22. The molecule has 1 aromatic carbocycles. The number of halogens is 1. The molecule has 0 amide bonds. The molecule has 2 rings (SSSR count). The number of allylic oxidation sites excluding steroid dienone is 4. The predicted molar refractivity (Wildman–Crippen MR) is 76.7 cm³/mol. The number of nitrogens with zero attached hydrogens (tertiary/aromatic N) is 1. The first-order valence-electron chi connectivity index (χ1n) is 5.93. The second-order valence-corrected chi connectivity index (χ2v) is 4.81. The summed E-state index contributed by atoms with van der Waals surface area (Å²) in [5, 5.41) is 3.78. The van der Waals surface area contributed by atoms with Crippen molar-refractivity contribution in [3.8, 4) is 0 Å². The SMILES string of the molecule is CC1=CC(=O)C(Cl)=CC1=NOC(=O)c1ccc(C)cc1. The minimum Gasteiger partial charge on any atom is -0.312 e. The van der Waals surface area contributed by atoms with Crippen molar-refractivity contribution in [2.24, 2.45) is 5.16 Å². The molecule has 102 valence electrons. The molecule has 0 heterocycles. The standard InChI is InChI=1S/C15H12ClNO3/c1-9-3-5-11(6-4-9)15(19)20-17-13-8-12(16)14(18)7-10(13)2/h3-8H,1-2H3. The molecule has 1 aliphatic rings. The lowest BCUT2D eigenvalue weighted by atomic mass is 10.1. The van der Waals surface area contributed by atoms with E-state index < -0.39 is 5.97 Å². The molecule has 1 aliphatic carbocycles. The van der Waals surface area contributed by atoms with Crippen LogP contribution in [0.2, 0.25) is 0 Å². The van der Waals surface area contributed by atoms with Gasteiger partial charge >= 0.3 is 5.97 Å². The Morgan fingerprint density at radius 3 is 2.45 bits per heavy atom. The summed E-state index contributed by atoms with van der Waals surface area (Å²) in [6.07, 6.45) is 2.72. The highest BCUT2D eigenvalue weighted by atomic mass is 35.5. The van der Waals surface area contributed by atoms with Crippen molar-refractivity contribution in [1.29, 1.82) is 0 Å². The van der Waals surface area contributed by atoms with Crippen LogP contribution in [0.25, 0.3) is 0 Å². The Morgan fingerprint density at radius 2 is 1.80 bits per heavy atom. The van der Waals surface area contributed by atoms with Gasteiger partial charge in [0.2, 0.25) is 0 Å². The first-order chi connectivity index (χ1) is 9.47. The number of carbonyl (C=O) groups is 2. The summed E-state index contributed by atoms with van der Waals surface area (Å²) in [5.74, 6) is -0.847. The number of aryl methyl sites for hydroxylation is 1. The van der Waals surface area contributed by atoms with Crippen LogP contribution in [-0.4, -0.2) is 17.5 Å². The Balaban J connectivity index is 2.13. The van der Waals surface area contributed by atoms with Gasteiger partial charge in [0.05, 0.1) is 10.6 Å². The van der Waals surface area contributed by atoms with Gasteiger partial charge in [0.15, 0.2) is 5.78 Å². The maximum absolute atomic E-state index is 11.8. The van der Waals surface area contributed by atoms with Gasteiger partial charge in [0.25, 0.3) is 0 Å². The number of carbonyl (C=O) groups excluding carboxylic acids is 2. The summed E-state index contributed by atoms with van der Waals surface area (Å²) in [4.78, 5) is 27.9. The monoisotopic (exact) mass is 289 g/mol. The van der Waals surface area contributed by atoms with Crippen molar-refractivity contribution in [3.63, 3.8) is 0 Å². The second kappa shape index (κ2) is 5.84. The zero-order valence-electron chi connectivity index (χ0n) is 11.0. The lowest BCUT2D eigenvalue weighted by Crippen LogP contribution is -2.11. The van der Waals surface area contributed by atoms with E-state index in [2.05, 4.69) is 5.16 Å². The number of hydrogen-bond acceptors (Lipinski definition) is 4. The van der Waals surface area contributed by atoms with E-state index in [-0.39, 0.29) is 10.8 Å². The van der Waals surface area contributed by atoms with E-state index in [1.54, 1.807) is 19.1 Å². The zero-order valence-corrected chi connectivity index (χ0v) is 11.8. The molecule has 0 bridgehead atoms. The van der Waals surface area contributed by atoms with Crippen molar-refractivity contribution in [2.45, 2.75) is 13.8 Å². The van der Waals surface area contributed by atoms with E-state index in [4.69, 9.17) is 16.4 Å². The Morgan fingerprint density at radius 1 is 1.15 bits per heavy atom. The van der Waals surface area contributed by atoms with E-state index in [1.165, 1.54) is 12.2 Å². The van der Waals surface area contributed by atoms with E-state index in [1.807, 2.05) is 19.1 Å². The maximum atomic E-state index is 11.8. The molecule has 0 radical (unpaired) electrons. The number of benzene rings is 1. The van der Waals surface area contributed by atoms with Gasteiger partial charge in [0.1, 0.15) is 5.71 Å². The molecule has 20 heavy (non-hydrogen) atoms. The van der Waals surface area contributed by atoms with E-state index in [9.17, 15) is 9.59 Å². The molecule has 0 saturated heterocycles. The van der Waals surface area contributed by atoms with Gasteiger partial charge < -0.3 is 4.84 Å². The molecule has 0 fully saturated rings. The summed E-state index contributed by atoms with van der Waals surface area (Å²) < 4.78 is 0. The molecular formula is C15H12ClNO3. The fourth-order valence-corrected chi connectivity index (χ4v) is 1.73. The highest BCUT2D eigenvalue weighted by Gasteiger charge is 2.15. The highest BCUT2D eigenvalue weighted by molar-refractivity contribution is 6.47. The molecule has 0 atom stereocenters. The normalized spacial score (nSPS) is 16.8. The van der Waals surface area contributed by atoms with Crippen LogP contribution in [0.5, 0.6) is 0 Å². The number of hydrogen-bond donors (Lipinski definition) is 0. The molecule has 5 heteroatoms. The van der Waals surface area contributed by atoms with E-state index >= 15 is 0 Å². The third-order valence-corrected chi connectivity index (χ3v) is 3.06. The molecule has 0 unspecified atom stereocenters. The predicted octanol–water partition coefficient (Wildman–Crippen LogP) is 3.16. The van der Waals surface area contributed by atoms with Gasteiger partial charge in [-0.25, -0.2) is 4.79 Å². The Bertz CT molecular complexity index is 654. The van der Waals surface area contributed by atoms with Gasteiger partial charge in [-0.3, -0.25) is 4.79 Å². The molecule has 0 aliphatic heterocycles. The molecule has 0 saturated carbocycles. The Kier molecular flexibility index (Phi) is 4.15. The fraction of sp³-hybridized carbons (Fsp3) is 0.133. The fourth-order valence-electron chi connectivity index (χ4n) is 1.58. The minimum absolute atomic E-state index is 0.0423. The zero-order chi connectivity index (χ0) is 14.7. The van der Waals surface area contributed by atoms with Gasteiger partial charge in [-0.05, 0) is 43.7 Å². The van der Waals surface area contributed by atoms with E-state index in [0.717, 1.165) is 5.56 Å². The first kappa shape index (κ1) is 14.2. The molecular weight excluding hydrogens is 278 g/mol. The van der Waals surface area contributed by atoms with Crippen LogP contribution in [0.3, 0.4) is 0 Å². The largest absolute Gasteiger partial charge is 0.365 e. The average molecular weight is 290 g/mol. The highest BCUT2D eigenvalue weighted by Crippen LogP contribution is 2.16. The summed E-state index contributed by atoms with van der Waals surface area (Å²) in [7, 11) is 0. The van der Waals surface area contributed by atoms with Gasteiger partial charge in [0, 0.05) is 0 Å². The van der Waals surface area contributed by atoms with Gasteiger partial charge in [-0.15, -0.1) is 0 Å². The number of rotatable bonds is 2. The summed E-state index contributed by atoms with van der Waals surface area (Å²) in [6.45, 7) is 3.62. The smallest absolute Gasteiger partial charge is 0.312 e. The van der Waals surface area contributed by atoms with Crippen molar-refractivity contribution in [1.82, 2.24) is 0 Å². The van der Waals surface area contributed by atoms with Crippen LogP contribution >= 0.6 is 11.6 Å². The Hall–Kier alpha value is -2.20. The molecule has 0 N–H and O–H groups in total. The van der Waals surface area contributed by atoms with E-state index in [0.29, 0.717) is 16.8 Å². The van der Waals surface area contributed by atoms with Crippen LogP contribution < -0.4 is 0 Å². The molecule has 0 spiro atoms. The summed E-state index contributed by atoms with van der Waals surface area (Å²) in [5.41, 5.74) is 2.40. The van der Waals surface area contributed by atoms with Crippen molar-refractivity contribution in [2.75, 3.05) is 0 Å². The summed E-state index contributed by atoms with van der Waals surface area (Å²) >= 11 is 5.72. The third-order valence-electron chi connectivity index (χ3n) is 2.76. The minimum atomic E-state index is -0.563. The molecule has 0 aromatic heterocycles. The average Bonchev–Trinajstić information content (AvgIpc) is 2.42. The summed E-state index contributed by atoms with van der Waals surface area (Å²) in [6, 6.07) is 6.94. The topological polar surface area (TPSA) is 55.7 Å². The Labute approximate surface area is 121 Å². The van der Waals surface area contributed by atoms with Crippen LogP contribution in [0.1, 0.15) is 22.8 Å². The quantitative estimate of drug-likeness (QED) is 0.477. The lowest BCUT2D eigenvalue weighted by Gasteiger charge is -2.07. The van der Waals surface area contributed by atoms with Crippen molar-refractivity contribution >= 4 is 29.1 Å². The second-order valence-electron chi connectivity index (χ2n) is 4.41. The maximum Gasteiger partial charge on any atom is 0.365 e. The van der Waals surface area contributed by atoms with Crippen LogP contribution in [0.4, 0.5) is 0 Å². The molecule has 4 nitrogen and oxygen atoms in total. The lowest BCUT2D eigenvalue weighted by molar-refractivity contribution is -0.110.